The summed E-state index contributed by atoms with van der Waals surface area (Å²) in [6.07, 6.45) is 4.54. The monoisotopic (exact) mass is 252 g/mol. The first kappa shape index (κ1) is 13.1. The van der Waals surface area contributed by atoms with Crippen LogP contribution in [-0.4, -0.2) is 10.9 Å². The van der Waals surface area contributed by atoms with Crippen molar-refractivity contribution < 1.29 is 9.90 Å². The Bertz CT molecular complexity index is 598. The van der Waals surface area contributed by atoms with Crippen LogP contribution in [0.2, 0.25) is 0 Å². The zero-order valence-corrected chi connectivity index (χ0v) is 10.8. The molecule has 0 spiro atoms. The molecule has 0 amide bonds. The summed E-state index contributed by atoms with van der Waals surface area (Å²) in [7, 11) is 0. The van der Waals surface area contributed by atoms with E-state index < -0.39 is 0 Å². The number of hydrogen-bond acceptors (Lipinski definition) is 2. The van der Waals surface area contributed by atoms with Gasteiger partial charge in [-0.1, -0.05) is 42.5 Å². The number of carbonyl (C=O) groups excluding carboxylic acids is 1. The minimum Gasteiger partial charge on any atom is -0.508 e. The normalized spacial score (nSPS) is 10.8. The molecule has 0 aliphatic heterocycles. The fourth-order valence-electron chi connectivity index (χ4n) is 1.96. The molecule has 0 fully saturated rings. The van der Waals surface area contributed by atoms with E-state index in [9.17, 15) is 9.90 Å². The second-order valence-electron chi connectivity index (χ2n) is 4.31. The lowest BCUT2D eigenvalue weighted by atomic mass is 9.96. The standard InChI is InChI=1S/C17H16O2/c1-2-3-7-14-12-15(18)10-11-16(14)17(19)13-8-5-4-6-9-13/h2-6,8-12,18H,7H2,1H3. The molecular formula is C17H16O2. The summed E-state index contributed by atoms with van der Waals surface area (Å²) in [4.78, 5) is 12.4. The Hall–Kier alpha value is -2.35. The van der Waals surface area contributed by atoms with E-state index in [0.29, 0.717) is 17.5 Å². The van der Waals surface area contributed by atoms with Crippen LogP contribution in [0.5, 0.6) is 5.75 Å². The van der Waals surface area contributed by atoms with Crippen LogP contribution in [0.25, 0.3) is 0 Å². The minimum absolute atomic E-state index is 0.0138. The molecule has 0 unspecified atom stereocenters. The Morgan fingerprint density at radius 3 is 2.58 bits per heavy atom. The van der Waals surface area contributed by atoms with E-state index in [1.165, 1.54) is 0 Å². The van der Waals surface area contributed by atoms with E-state index in [2.05, 4.69) is 0 Å². The van der Waals surface area contributed by atoms with Crippen LogP contribution in [0.1, 0.15) is 28.4 Å². The molecule has 19 heavy (non-hydrogen) atoms. The average molecular weight is 252 g/mol. The summed E-state index contributed by atoms with van der Waals surface area (Å²) in [6, 6.07) is 14.1. The molecule has 0 heterocycles. The van der Waals surface area contributed by atoms with Crippen LogP contribution in [0.3, 0.4) is 0 Å². The lowest BCUT2D eigenvalue weighted by Crippen LogP contribution is -2.05. The highest BCUT2D eigenvalue weighted by Crippen LogP contribution is 2.20. The summed E-state index contributed by atoms with van der Waals surface area (Å²) in [5.74, 6) is 0.171. The first-order valence-corrected chi connectivity index (χ1v) is 6.25. The fraction of sp³-hybridized carbons (Fsp3) is 0.118. The first-order chi connectivity index (χ1) is 9.22. The third-order valence-electron chi connectivity index (χ3n) is 2.94. The number of phenolic OH excluding ortho intramolecular Hbond substituents is 1. The second kappa shape index (κ2) is 6.01. The molecule has 2 rings (SSSR count). The fourth-order valence-corrected chi connectivity index (χ4v) is 1.96. The van der Waals surface area contributed by atoms with Crippen molar-refractivity contribution in [3.8, 4) is 5.75 Å². The van der Waals surface area contributed by atoms with Crippen LogP contribution in [0.4, 0.5) is 0 Å². The number of carbonyl (C=O) groups is 1. The molecule has 0 aliphatic rings. The van der Waals surface area contributed by atoms with Gasteiger partial charge in [0, 0.05) is 11.1 Å². The van der Waals surface area contributed by atoms with Crippen LogP contribution < -0.4 is 0 Å². The van der Waals surface area contributed by atoms with Gasteiger partial charge in [-0.3, -0.25) is 4.79 Å². The van der Waals surface area contributed by atoms with E-state index >= 15 is 0 Å². The number of rotatable bonds is 4. The van der Waals surface area contributed by atoms with Gasteiger partial charge in [-0.2, -0.15) is 0 Å². The summed E-state index contributed by atoms with van der Waals surface area (Å²) < 4.78 is 0. The molecule has 0 saturated heterocycles. The van der Waals surface area contributed by atoms with Gasteiger partial charge < -0.3 is 5.11 Å². The maximum atomic E-state index is 12.4. The molecular weight excluding hydrogens is 236 g/mol. The first-order valence-electron chi connectivity index (χ1n) is 6.25. The SMILES string of the molecule is CC=CCc1cc(O)ccc1C(=O)c1ccccc1. The van der Waals surface area contributed by atoms with Crippen molar-refractivity contribution in [2.45, 2.75) is 13.3 Å². The average Bonchev–Trinajstić information content (AvgIpc) is 2.45. The molecule has 1 N–H and O–H groups in total. The van der Waals surface area contributed by atoms with E-state index in [1.54, 1.807) is 30.3 Å². The molecule has 0 bridgehead atoms. The second-order valence-corrected chi connectivity index (χ2v) is 4.31. The molecule has 2 heteroatoms. The predicted octanol–water partition coefficient (Wildman–Crippen LogP) is 3.74. The highest BCUT2D eigenvalue weighted by Gasteiger charge is 2.13. The molecule has 0 radical (unpaired) electrons. The van der Waals surface area contributed by atoms with Gasteiger partial charge in [-0.05, 0) is 37.1 Å². The topological polar surface area (TPSA) is 37.3 Å². The number of allylic oxidation sites excluding steroid dienone is 2. The van der Waals surface area contributed by atoms with Crippen molar-refractivity contribution in [3.05, 3.63) is 77.4 Å². The number of phenols is 1. The van der Waals surface area contributed by atoms with Crippen LogP contribution in [0, 0.1) is 0 Å². The van der Waals surface area contributed by atoms with Crippen LogP contribution in [-0.2, 0) is 6.42 Å². The van der Waals surface area contributed by atoms with E-state index in [0.717, 1.165) is 5.56 Å². The lowest BCUT2D eigenvalue weighted by molar-refractivity contribution is 0.103. The third kappa shape index (κ3) is 3.10. The van der Waals surface area contributed by atoms with E-state index in [1.807, 2.05) is 37.3 Å². The molecule has 0 aliphatic carbocycles. The Kier molecular flexibility index (Phi) is 4.14. The molecule has 2 aromatic carbocycles. The summed E-state index contributed by atoms with van der Waals surface area (Å²) in [6.45, 7) is 1.93. The zero-order valence-electron chi connectivity index (χ0n) is 10.8. The van der Waals surface area contributed by atoms with Crippen molar-refractivity contribution >= 4 is 5.78 Å². The van der Waals surface area contributed by atoms with Gasteiger partial charge in [-0.15, -0.1) is 0 Å². The lowest BCUT2D eigenvalue weighted by Gasteiger charge is -2.08. The quantitative estimate of drug-likeness (QED) is 0.664. The predicted molar refractivity (Wildman–Crippen MR) is 76.5 cm³/mol. The molecule has 2 nitrogen and oxygen atoms in total. The van der Waals surface area contributed by atoms with Gasteiger partial charge in [-0.25, -0.2) is 0 Å². The van der Waals surface area contributed by atoms with Gasteiger partial charge in [0.2, 0.25) is 0 Å². The summed E-state index contributed by atoms with van der Waals surface area (Å²) in [5.41, 5.74) is 2.14. The van der Waals surface area contributed by atoms with E-state index in [-0.39, 0.29) is 11.5 Å². The maximum Gasteiger partial charge on any atom is 0.193 e. The van der Waals surface area contributed by atoms with Crippen LogP contribution in [0.15, 0.2) is 60.7 Å². The Morgan fingerprint density at radius 1 is 1.16 bits per heavy atom. The number of ketones is 1. The van der Waals surface area contributed by atoms with Crippen molar-refractivity contribution in [2.24, 2.45) is 0 Å². The van der Waals surface area contributed by atoms with Crippen molar-refractivity contribution in [2.75, 3.05) is 0 Å². The molecule has 2 aromatic rings. The number of aromatic hydroxyl groups is 1. The van der Waals surface area contributed by atoms with Crippen molar-refractivity contribution in [1.82, 2.24) is 0 Å². The van der Waals surface area contributed by atoms with Gasteiger partial charge in [0.05, 0.1) is 0 Å². The molecule has 96 valence electrons. The molecule has 0 aromatic heterocycles. The largest absolute Gasteiger partial charge is 0.508 e. The minimum atomic E-state index is -0.0138. The van der Waals surface area contributed by atoms with Gasteiger partial charge in [0.15, 0.2) is 5.78 Å². The van der Waals surface area contributed by atoms with Crippen LogP contribution >= 0.6 is 0 Å². The van der Waals surface area contributed by atoms with E-state index in [4.69, 9.17) is 0 Å². The van der Waals surface area contributed by atoms with Gasteiger partial charge in [0.1, 0.15) is 5.75 Å². The summed E-state index contributed by atoms with van der Waals surface area (Å²) in [5, 5.41) is 9.55. The highest BCUT2D eigenvalue weighted by molar-refractivity contribution is 6.10. The summed E-state index contributed by atoms with van der Waals surface area (Å²) >= 11 is 0. The molecule has 0 atom stereocenters. The Morgan fingerprint density at radius 2 is 1.89 bits per heavy atom. The van der Waals surface area contributed by atoms with Gasteiger partial charge in [0.25, 0.3) is 0 Å². The van der Waals surface area contributed by atoms with Crippen molar-refractivity contribution in [3.63, 3.8) is 0 Å². The smallest absolute Gasteiger partial charge is 0.193 e. The van der Waals surface area contributed by atoms with Crippen molar-refractivity contribution in [1.29, 1.82) is 0 Å². The third-order valence-corrected chi connectivity index (χ3v) is 2.94. The zero-order chi connectivity index (χ0) is 13.7. The number of benzene rings is 2. The molecule has 0 saturated carbocycles. The Balaban J connectivity index is 2.41. The number of hydrogen-bond donors (Lipinski definition) is 1. The maximum absolute atomic E-state index is 12.4. The van der Waals surface area contributed by atoms with Gasteiger partial charge >= 0.3 is 0 Å². The highest BCUT2D eigenvalue weighted by atomic mass is 16.3. The Labute approximate surface area is 113 Å².